The number of nitrogens with one attached hydrogen (secondary N) is 1. The molecule has 1 aliphatic rings. The minimum absolute atomic E-state index is 0.0876. The molecule has 1 N–H and O–H groups in total. The van der Waals surface area contributed by atoms with Gasteiger partial charge in [0.05, 0.1) is 11.9 Å². The first kappa shape index (κ1) is 20.4. The van der Waals surface area contributed by atoms with E-state index in [1.807, 2.05) is 45.9 Å². The number of carbonyl (C=O) groups excluding carboxylic acids is 1. The number of hydrogen-bond acceptors (Lipinski definition) is 4. The van der Waals surface area contributed by atoms with Gasteiger partial charge < -0.3 is 19.7 Å². The molecule has 1 saturated heterocycles. The fraction of sp³-hybridized carbons (Fsp3) is 0.391. The third kappa shape index (κ3) is 4.63. The first-order valence-electron chi connectivity index (χ1n) is 10.6. The number of carbonyl (C=O) groups is 1. The predicted octanol–water partition coefficient (Wildman–Crippen LogP) is 2.34. The molecule has 30 heavy (non-hydrogen) atoms. The van der Waals surface area contributed by atoms with Crippen molar-refractivity contribution in [2.75, 3.05) is 46.3 Å². The molecule has 0 spiro atoms. The van der Waals surface area contributed by atoms with Crippen LogP contribution in [0, 0.1) is 6.92 Å². The molecule has 1 fully saturated rings. The Bertz CT molecular complexity index is 952. The molecule has 0 atom stereocenters. The monoisotopic (exact) mass is 406 g/mol. The number of hydrogen-bond donors (Lipinski definition) is 1. The van der Waals surface area contributed by atoms with E-state index in [1.165, 1.54) is 5.56 Å². The van der Waals surface area contributed by atoms with Gasteiger partial charge in [-0.25, -0.2) is 4.68 Å². The van der Waals surface area contributed by atoms with Crippen molar-refractivity contribution in [2.24, 2.45) is 0 Å². The largest absolute Gasteiger partial charge is 0.352 e. The number of rotatable bonds is 7. The minimum Gasteiger partial charge on any atom is -0.352 e. The van der Waals surface area contributed by atoms with Crippen LogP contribution in [0.3, 0.4) is 0 Å². The zero-order valence-electron chi connectivity index (χ0n) is 17.8. The van der Waals surface area contributed by atoms with Crippen molar-refractivity contribution < 1.29 is 4.79 Å². The Labute approximate surface area is 177 Å². The smallest absolute Gasteiger partial charge is 0.256 e. The molecule has 7 nitrogen and oxygen atoms in total. The number of amides is 1. The number of benzene rings is 1. The van der Waals surface area contributed by atoms with Gasteiger partial charge in [-0.1, -0.05) is 17.7 Å². The van der Waals surface area contributed by atoms with Gasteiger partial charge in [0.2, 0.25) is 0 Å². The first-order chi connectivity index (χ1) is 14.6. The lowest BCUT2D eigenvalue weighted by molar-refractivity contribution is 0.0949. The quantitative estimate of drug-likeness (QED) is 0.612. The highest BCUT2D eigenvalue weighted by molar-refractivity contribution is 5.97. The van der Waals surface area contributed by atoms with E-state index in [2.05, 4.69) is 46.3 Å². The van der Waals surface area contributed by atoms with Crippen LogP contribution in [0.2, 0.25) is 0 Å². The van der Waals surface area contributed by atoms with E-state index < -0.39 is 0 Å². The van der Waals surface area contributed by atoms with E-state index in [0.29, 0.717) is 12.1 Å². The number of aryl methyl sites for hydroxylation is 1. The number of aromatic nitrogens is 3. The van der Waals surface area contributed by atoms with Crippen LogP contribution in [0.5, 0.6) is 0 Å². The zero-order valence-corrected chi connectivity index (χ0v) is 17.8. The van der Waals surface area contributed by atoms with Gasteiger partial charge in [-0.2, -0.15) is 5.10 Å². The van der Waals surface area contributed by atoms with E-state index in [9.17, 15) is 4.79 Å². The molecule has 158 valence electrons. The second-order valence-electron chi connectivity index (χ2n) is 7.97. The van der Waals surface area contributed by atoms with Crippen molar-refractivity contribution >= 4 is 5.91 Å². The maximum absolute atomic E-state index is 13.0. The van der Waals surface area contributed by atoms with Crippen LogP contribution < -0.4 is 5.32 Å². The molecule has 3 heterocycles. The molecule has 0 bridgehead atoms. The summed E-state index contributed by atoms with van der Waals surface area (Å²) < 4.78 is 3.75. The molecule has 3 aromatic rings. The van der Waals surface area contributed by atoms with Gasteiger partial charge in [-0.3, -0.25) is 4.79 Å². The van der Waals surface area contributed by atoms with Gasteiger partial charge in [-0.05, 0) is 51.2 Å². The van der Waals surface area contributed by atoms with Crippen LogP contribution in [0.1, 0.15) is 22.3 Å². The van der Waals surface area contributed by atoms with Crippen molar-refractivity contribution in [3.05, 3.63) is 66.1 Å². The van der Waals surface area contributed by atoms with Crippen LogP contribution in [-0.4, -0.2) is 76.4 Å². The lowest BCUT2D eigenvalue weighted by atomic mass is 10.2. The molecule has 0 aliphatic carbocycles. The van der Waals surface area contributed by atoms with Crippen molar-refractivity contribution in [1.29, 1.82) is 0 Å². The van der Waals surface area contributed by atoms with E-state index in [0.717, 1.165) is 50.6 Å². The molecule has 0 radical (unpaired) electrons. The molecule has 0 saturated carbocycles. The molecule has 1 aliphatic heterocycles. The minimum atomic E-state index is -0.0876. The van der Waals surface area contributed by atoms with Gasteiger partial charge in [-0.15, -0.1) is 0 Å². The molecule has 1 amide bonds. The van der Waals surface area contributed by atoms with Crippen molar-refractivity contribution in [3.8, 4) is 11.5 Å². The highest BCUT2D eigenvalue weighted by atomic mass is 16.1. The van der Waals surface area contributed by atoms with Crippen LogP contribution in [0.4, 0.5) is 0 Å². The summed E-state index contributed by atoms with van der Waals surface area (Å²) in [4.78, 5) is 17.8. The highest BCUT2D eigenvalue weighted by Gasteiger charge is 2.20. The third-order valence-corrected chi connectivity index (χ3v) is 5.65. The van der Waals surface area contributed by atoms with Crippen molar-refractivity contribution in [3.63, 3.8) is 0 Å². The van der Waals surface area contributed by atoms with Gasteiger partial charge in [0, 0.05) is 45.1 Å². The molecule has 0 unspecified atom stereocenters. The fourth-order valence-corrected chi connectivity index (χ4v) is 3.77. The Morgan fingerprint density at radius 3 is 2.47 bits per heavy atom. The SMILES string of the molecule is Cc1ccc(-n2ncc(C(=O)NCCCN3CCN(C)CC3)c2-n2cccc2)cc1. The first-order valence-corrected chi connectivity index (χ1v) is 10.6. The van der Waals surface area contributed by atoms with Gasteiger partial charge >= 0.3 is 0 Å². The maximum atomic E-state index is 13.0. The summed E-state index contributed by atoms with van der Waals surface area (Å²) in [5.74, 6) is 0.663. The normalized spacial score (nSPS) is 15.4. The molecule has 7 heteroatoms. The third-order valence-electron chi connectivity index (χ3n) is 5.65. The van der Waals surface area contributed by atoms with Crippen LogP contribution >= 0.6 is 0 Å². The summed E-state index contributed by atoms with van der Waals surface area (Å²) in [6.45, 7) is 8.17. The average molecular weight is 407 g/mol. The Morgan fingerprint density at radius 1 is 1.07 bits per heavy atom. The van der Waals surface area contributed by atoms with Crippen LogP contribution in [0.25, 0.3) is 11.5 Å². The fourth-order valence-electron chi connectivity index (χ4n) is 3.77. The van der Waals surface area contributed by atoms with E-state index in [1.54, 1.807) is 6.20 Å². The Kier molecular flexibility index (Phi) is 6.30. The molecular weight excluding hydrogens is 376 g/mol. The Balaban J connectivity index is 1.44. The lowest BCUT2D eigenvalue weighted by Crippen LogP contribution is -2.45. The number of piperazine rings is 1. The summed E-state index contributed by atoms with van der Waals surface area (Å²) in [5.41, 5.74) is 2.69. The molecular formula is C23H30N6O. The Morgan fingerprint density at radius 2 is 1.77 bits per heavy atom. The number of likely N-dealkylation sites (N-methyl/N-ethyl adjacent to an activating group) is 1. The van der Waals surface area contributed by atoms with Crippen molar-refractivity contribution in [2.45, 2.75) is 13.3 Å². The average Bonchev–Trinajstić information content (AvgIpc) is 3.42. The maximum Gasteiger partial charge on any atom is 0.256 e. The topological polar surface area (TPSA) is 58.3 Å². The predicted molar refractivity (Wildman–Crippen MR) is 119 cm³/mol. The Hall–Kier alpha value is -2.90. The standard InChI is InChI=1S/C23H30N6O/c1-19-6-8-20(9-7-19)29-23(28-12-3-4-13-28)21(18-25-29)22(30)24-10-5-11-27-16-14-26(2)15-17-27/h3-4,6-9,12-13,18H,5,10-11,14-17H2,1-2H3,(H,24,30). The summed E-state index contributed by atoms with van der Waals surface area (Å²) in [6.07, 6.45) is 6.48. The lowest BCUT2D eigenvalue weighted by Gasteiger charge is -2.32. The van der Waals surface area contributed by atoms with E-state index >= 15 is 0 Å². The van der Waals surface area contributed by atoms with Gasteiger partial charge in [0.25, 0.3) is 5.91 Å². The highest BCUT2D eigenvalue weighted by Crippen LogP contribution is 2.20. The van der Waals surface area contributed by atoms with E-state index in [4.69, 9.17) is 0 Å². The second kappa shape index (κ2) is 9.28. The van der Waals surface area contributed by atoms with Crippen LogP contribution in [0.15, 0.2) is 55.0 Å². The summed E-state index contributed by atoms with van der Waals surface area (Å²) >= 11 is 0. The molecule has 2 aromatic heterocycles. The van der Waals surface area contributed by atoms with Crippen molar-refractivity contribution in [1.82, 2.24) is 29.5 Å². The summed E-state index contributed by atoms with van der Waals surface area (Å²) in [5, 5.41) is 7.60. The molecule has 4 rings (SSSR count). The zero-order chi connectivity index (χ0) is 20.9. The number of nitrogens with zero attached hydrogens (tertiary/aromatic N) is 5. The summed E-state index contributed by atoms with van der Waals surface area (Å²) in [7, 11) is 2.16. The van der Waals surface area contributed by atoms with Gasteiger partial charge in [0.1, 0.15) is 5.56 Å². The van der Waals surface area contributed by atoms with Gasteiger partial charge in [0.15, 0.2) is 5.82 Å². The second-order valence-corrected chi connectivity index (χ2v) is 7.97. The molecule has 1 aromatic carbocycles. The van der Waals surface area contributed by atoms with Crippen LogP contribution in [-0.2, 0) is 0 Å². The summed E-state index contributed by atoms with van der Waals surface area (Å²) in [6, 6.07) is 12.0. The van der Waals surface area contributed by atoms with E-state index in [-0.39, 0.29) is 5.91 Å².